The van der Waals surface area contributed by atoms with Gasteiger partial charge in [0.1, 0.15) is 6.10 Å². The highest BCUT2D eigenvalue weighted by Crippen LogP contribution is 2.39. The molecule has 0 saturated carbocycles. The zero-order valence-corrected chi connectivity index (χ0v) is 13.0. The van der Waals surface area contributed by atoms with Crippen LogP contribution >= 0.6 is 11.8 Å². The normalized spacial score (nSPS) is 29.0. The lowest BCUT2D eigenvalue weighted by molar-refractivity contribution is -0.0965. The number of thioether (sulfide) groups is 1. The largest absolute Gasteiger partial charge is 0.487 e. The molecule has 0 aromatic heterocycles. The van der Waals surface area contributed by atoms with E-state index >= 15 is 0 Å². The van der Waals surface area contributed by atoms with Crippen LogP contribution in [0, 0.1) is 5.82 Å². The summed E-state index contributed by atoms with van der Waals surface area (Å²) in [7, 11) is 0. The zero-order valence-electron chi connectivity index (χ0n) is 12.1. The van der Waals surface area contributed by atoms with Crippen LogP contribution in [0.4, 0.5) is 4.39 Å². The highest BCUT2D eigenvalue weighted by molar-refractivity contribution is 7.99. The third kappa shape index (κ3) is 3.35. The van der Waals surface area contributed by atoms with Crippen molar-refractivity contribution in [2.24, 2.45) is 5.73 Å². The van der Waals surface area contributed by atoms with Gasteiger partial charge in [0.05, 0.1) is 12.2 Å². The maximum atomic E-state index is 14.1. The average molecular weight is 311 g/mol. The lowest BCUT2D eigenvalue weighted by Crippen LogP contribution is -2.44. The van der Waals surface area contributed by atoms with Gasteiger partial charge in [0.25, 0.3) is 0 Å². The lowest BCUT2D eigenvalue weighted by Gasteiger charge is -2.37. The summed E-state index contributed by atoms with van der Waals surface area (Å²) in [6, 6.07) is 5.06. The minimum absolute atomic E-state index is 0.0332. The van der Waals surface area contributed by atoms with Crippen LogP contribution in [-0.4, -0.2) is 36.4 Å². The van der Waals surface area contributed by atoms with Gasteiger partial charge in [-0.2, -0.15) is 11.8 Å². The highest BCUT2D eigenvalue weighted by atomic mass is 32.2. The van der Waals surface area contributed by atoms with Crippen LogP contribution in [0.15, 0.2) is 18.2 Å². The van der Waals surface area contributed by atoms with E-state index in [4.69, 9.17) is 15.2 Å². The SMILES string of the molecule is NCCc1cccc(F)c1OC1CCOC2(CCSC2)C1. The minimum atomic E-state index is -0.290. The Bertz CT molecular complexity index is 491. The van der Waals surface area contributed by atoms with Gasteiger partial charge in [-0.3, -0.25) is 0 Å². The van der Waals surface area contributed by atoms with Crippen molar-refractivity contribution in [3.63, 3.8) is 0 Å². The van der Waals surface area contributed by atoms with Crippen LogP contribution in [0.1, 0.15) is 24.8 Å². The Morgan fingerprint density at radius 3 is 3.14 bits per heavy atom. The van der Waals surface area contributed by atoms with Crippen molar-refractivity contribution in [2.45, 2.75) is 37.4 Å². The van der Waals surface area contributed by atoms with Crippen molar-refractivity contribution in [3.05, 3.63) is 29.6 Å². The fourth-order valence-electron chi connectivity index (χ4n) is 3.15. The van der Waals surface area contributed by atoms with Gasteiger partial charge in [-0.1, -0.05) is 12.1 Å². The second-order valence-electron chi connectivity index (χ2n) is 5.83. The van der Waals surface area contributed by atoms with E-state index in [1.807, 2.05) is 17.8 Å². The second-order valence-corrected chi connectivity index (χ2v) is 6.94. The first kappa shape index (κ1) is 15.1. The van der Waals surface area contributed by atoms with E-state index in [2.05, 4.69) is 0 Å². The summed E-state index contributed by atoms with van der Waals surface area (Å²) in [5.41, 5.74) is 6.42. The van der Waals surface area contributed by atoms with E-state index in [0.29, 0.717) is 25.3 Å². The van der Waals surface area contributed by atoms with Crippen molar-refractivity contribution < 1.29 is 13.9 Å². The Kier molecular flexibility index (Phi) is 4.72. The number of benzene rings is 1. The molecule has 2 saturated heterocycles. The van der Waals surface area contributed by atoms with Crippen LogP contribution in [-0.2, 0) is 11.2 Å². The van der Waals surface area contributed by atoms with Gasteiger partial charge in [-0.25, -0.2) is 4.39 Å². The summed E-state index contributed by atoms with van der Waals surface area (Å²) in [5, 5.41) is 0. The maximum absolute atomic E-state index is 14.1. The standard InChI is InChI=1S/C16H22FNO2S/c17-14-3-1-2-12(4-7-18)15(14)20-13-5-8-19-16(10-13)6-9-21-11-16/h1-3,13H,4-11,18H2. The van der Waals surface area contributed by atoms with Gasteiger partial charge in [0.2, 0.25) is 0 Å². The van der Waals surface area contributed by atoms with Crippen molar-refractivity contribution in [1.82, 2.24) is 0 Å². The van der Waals surface area contributed by atoms with Gasteiger partial charge in [0.15, 0.2) is 11.6 Å². The Morgan fingerprint density at radius 2 is 2.38 bits per heavy atom. The van der Waals surface area contributed by atoms with Crippen molar-refractivity contribution in [2.75, 3.05) is 24.7 Å². The predicted molar refractivity (Wildman–Crippen MR) is 83.4 cm³/mol. The van der Waals surface area contributed by atoms with Crippen LogP contribution in [0.25, 0.3) is 0 Å². The minimum Gasteiger partial charge on any atom is -0.487 e. The van der Waals surface area contributed by atoms with Gasteiger partial charge in [0, 0.05) is 18.6 Å². The fraction of sp³-hybridized carbons (Fsp3) is 0.625. The molecule has 2 fully saturated rings. The molecule has 1 aromatic rings. The van der Waals surface area contributed by atoms with Gasteiger partial charge in [-0.05, 0) is 36.8 Å². The quantitative estimate of drug-likeness (QED) is 0.928. The summed E-state index contributed by atoms with van der Waals surface area (Å²) >= 11 is 1.93. The van der Waals surface area contributed by atoms with E-state index in [-0.39, 0.29) is 17.5 Å². The molecule has 2 atom stereocenters. The monoisotopic (exact) mass is 311 g/mol. The van der Waals surface area contributed by atoms with E-state index in [1.165, 1.54) is 6.07 Å². The Hall–Kier alpha value is -0.780. The van der Waals surface area contributed by atoms with E-state index < -0.39 is 0 Å². The molecule has 0 amide bonds. The number of hydrogen-bond acceptors (Lipinski definition) is 4. The van der Waals surface area contributed by atoms with Crippen LogP contribution in [0.2, 0.25) is 0 Å². The average Bonchev–Trinajstić information content (AvgIpc) is 2.91. The number of nitrogens with two attached hydrogens (primary N) is 1. The molecular weight excluding hydrogens is 289 g/mol. The first-order valence-corrected chi connectivity index (χ1v) is 8.74. The number of halogens is 1. The molecule has 1 spiro atoms. The number of hydrogen-bond donors (Lipinski definition) is 1. The molecule has 2 unspecified atom stereocenters. The fourth-order valence-corrected chi connectivity index (χ4v) is 4.53. The van der Waals surface area contributed by atoms with Crippen LogP contribution in [0.5, 0.6) is 5.75 Å². The second kappa shape index (κ2) is 6.55. The molecule has 2 aliphatic rings. The molecule has 21 heavy (non-hydrogen) atoms. The molecule has 0 bridgehead atoms. The van der Waals surface area contributed by atoms with E-state index in [9.17, 15) is 4.39 Å². The summed E-state index contributed by atoms with van der Waals surface area (Å²) in [6.07, 6.45) is 3.42. The number of rotatable bonds is 4. The topological polar surface area (TPSA) is 44.5 Å². The maximum Gasteiger partial charge on any atom is 0.165 e. The van der Waals surface area contributed by atoms with Crippen molar-refractivity contribution in [1.29, 1.82) is 0 Å². The highest BCUT2D eigenvalue weighted by Gasteiger charge is 2.41. The summed E-state index contributed by atoms with van der Waals surface area (Å²) in [6.45, 7) is 1.19. The van der Waals surface area contributed by atoms with Crippen LogP contribution in [0.3, 0.4) is 0 Å². The van der Waals surface area contributed by atoms with E-state index in [1.54, 1.807) is 6.07 Å². The molecule has 2 aliphatic heterocycles. The number of para-hydroxylation sites is 1. The molecule has 3 nitrogen and oxygen atoms in total. The molecule has 0 aliphatic carbocycles. The number of ether oxygens (including phenoxy) is 2. The Morgan fingerprint density at radius 1 is 1.48 bits per heavy atom. The molecule has 5 heteroatoms. The third-order valence-corrected chi connectivity index (χ3v) is 5.48. The molecular formula is C16H22FNO2S. The first-order chi connectivity index (χ1) is 10.2. The molecule has 0 radical (unpaired) electrons. The van der Waals surface area contributed by atoms with Crippen LogP contribution < -0.4 is 10.5 Å². The molecule has 2 heterocycles. The zero-order chi connectivity index (χ0) is 14.7. The smallest absolute Gasteiger partial charge is 0.165 e. The molecule has 116 valence electrons. The summed E-state index contributed by atoms with van der Waals surface area (Å²) < 4.78 is 26.1. The summed E-state index contributed by atoms with van der Waals surface area (Å²) in [4.78, 5) is 0. The molecule has 2 N–H and O–H groups in total. The van der Waals surface area contributed by atoms with E-state index in [0.717, 1.165) is 36.3 Å². The third-order valence-electron chi connectivity index (χ3n) is 4.26. The molecule has 3 rings (SSSR count). The van der Waals surface area contributed by atoms with Crippen molar-refractivity contribution >= 4 is 11.8 Å². The molecule has 1 aromatic carbocycles. The van der Waals surface area contributed by atoms with Gasteiger partial charge in [-0.15, -0.1) is 0 Å². The summed E-state index contributed by atoms with van der Waals surface area (Å²) in [5.74, 6) is 2.27. The Labute approximate surface area is 129 Å². The van der Waals surface area contributed by atoms with Gasteiger partial charge >= 0.3 is 0 Å². The first-order valence-electron chi connectivity index (χ1n) is 7.58. The van der Waals surface area contributed by atoms with Gasteiger partial charge < -0.3 is 15.2 Å². The lowest BCUT2D eigenvalue weighted by atomic mass is 9.91. The Balaban J connectivity index is 1.74. The predicted octanol–water partition coefficient (Wildman–Crippen LogP) is 2.76. The van der Waals surface area contributed by atoms with Crippen molar-refractivity contribution in [3.8, 4) is 5.75 Å².